The molecule has 0 fully saturated rings. The number of hydrogen-bond acceptors (Lipinski definition) is 3. The molecule has 1 N–H and O–H groups in total. The van der Waals surface area contributed by atoms with Crippen LogP contribution in [0.5, 0.6) is 0 Å². The highest BCUT2D eigenvalue weighted by Crippen LogP contribution is 2.36. The predicted molar refractivity (Wildman–Crippen MR) is 83.3 cm³/mol. The van der Waals surface area contributed by atoms with Crippen molar-refractivity contribution in [3.05, 3.63) is 42.7 Å². The molecule has 0 amide bonds. The lowest BCUT2D eigenvalue weighted by atomic mass is 10.1. The van der Waals surface area contributed by atoms with Crippen LogP contribution in [0.3, 0.4) is 0 Å². The molecule has 0 saturated heterocycles. The van der Waals surface area contributed by atoms with Crippen LogP contribution in [-0.4, -0.2) is 6.54 Å². The third-order valence-corrected chi connectivity index (χ3v) is 5.62. The van der Waals surface area contributed by atoms with Gasteiger partial charge in [0.2, 0.25) is 0 Å². The van der Waals surface area contributed by atoms with E-state index in [1.165, 1.54) is 20.2 Å². The maximum Gasteiger partial charge on any atom is 0.0780 e. The number of thiophene rings is 2. The lowest BCUT2D eigenvalue weighted by molar-refractivity contribution is 0.613. The second-order valence-corrected chi connectivity index (χ2v) is 7.05. The van der Waals surface area contributed by atoms with Crippen molar-refractivity contribution in [1.29, 1.82) is 0 Å². The maximum absolute atomic E-state index is 6.28. The Kier molecular flexibility index (Phi) is 4.84. The van der Waals surface area contributed by atoms with Gasteiger partial charge in [-0.25, -0.2) is 0 Å². The minimum absolute atomic E-state index is 0.245. The molecule has 1 nitrogen and oxygen atoms in total. The number of aryl methyl sites for hydroxylation is 2. The fraction of sp³-hybridized carbons (Fsp3) is 0.429. The summed E-state index contributed by atoms with van der Waals surface area (Å²) in [5.41, 5.74) is 1.37. The molecule has 2 aromatic heterocycles. The molecule has 98 valence electrons. The Balaban J connectivity index is 2.33. The SMILES string of the molecule is CCCNC(c1cc(C)c(C)s1)c1sccc1Cl. The van der Waals surface area contributed by atoms with Gasteiger partial charge < -0.3 is 5.32 Å². The van der Waals surface area contributed by atoms with E-state index in [0.717, 1.165) is 18.0 Å². The van der Waals surface area contributed by atoms with Crippen LogP contribution in [0.4, 0.5) is 0 Å². The summed E-state index contributed by atoms with van der Waals surface area (Å²) in [6, 6.07) is 4.51. The van der Waals surface area contributed by atoms with E-state index in [2.05, 4.69) is 37.5 Å². The van der Waals surface area contributed by atoms with Crippen LogP contribution in [0.2, 0.25) is 5.02 Å². The lowest BCUT2D eigenvalue weighted by Crippen LogP contribution is -2.21. The van der Waals surface area contributed by atoms with E-state index in [-0.39, 0.29) is 6.04 Å². The molecular weight excluding hydrogens is 282 g/mol. The van der Waals surface area contributed by atoms with Gasteiger partial charge in [-0.05, 0) is 49.9 Å². The van der Waals surface area contributed by atoms with Crippen molar-refractivity contribution in [1.82, 2.24) is 5.32 Å². The topological polar surface area (TPSA) is 12.0 Å². The van der Waals surface area contributed by atoms with Crippen molar-refractivity contribution in [3.8, 4) is 0 Å². The first-order valence-electron chi connectivity index (χ1n) is 6.16. The first-order chi connectivity index (χ1) is 8.63. The third-order valence-electron chi connectivity index (χ3n) is 2.97. The van der Waals surface area contributed by atoms with Gasteiger partial charge in [-0.3, -0.25) is 0 Å². The van der Waals surface area contributed by atoms with Crippen LogP contribution in [0.25, 0.3) is 0 Å². The second kappa shape index (κ2) is 6.20. The molecular formula is C14H18ClNS2. The average Bonchev–Trinajstić information content (AvgIpc) is 2.88. The summed E-state index contributed by atoms with van der Waals surface area (Å²) in [7, 11) is 0. The summed E-state index contributed by atoms with van der Waals surface area (Å²) in [4.78, 5) is 3.98. The van der Waals surface area contributed by atoms with Gasteiger partial charge in [0, 0.05) is 14.6 Å². The van der Waals surface area contributed by atoms with Crippen LogP contribution in [0.15, 0.2) is 17.5 Å². The summed E-state index contributed by atoms with van der Waals surface area (Å²) < 4.78 is 0. The molecule has 0 bridgehead atoms. The van der Waals surface area contributed by atoms with Gasteiger partial charge >= 0.3 is 0 Å². The van der Waals surface area contributed by atoms with Crippen LogP contribution in [0, 0.1) is 13.8 Å². The Bertz CT molecular complexity index is 496. The minimum atomic E-state index is 0.245. The van der Waals surface area contributed by atoms with Gasteiger partial charge in [-0.2, -0.15) is 0 Å². The molecule has 0 radical (unpaired) electrons. The van der Waals surface area contributed by atoms with Crippen LogP contribution >= 0.6 is 34.3 Å². The Morgan fingerprint density at radius 1 is 1.39 bits per heavy atom. The Hall–Kier alpha value is -0.350. The summed E-state index contributed by atoms with van der Waals surface area (Å²) in [6.07, 6.45) is 1.13. The highest BCUT2D eigenvalue weighted by molar-refractivity contribution is 7.13. The lowest BCUT2D eigenvalue weighted by Gasteiger charge is -2.16. The third kappa shape index (κ3) is 2.97. The smallest absolute Gasteiger partial charge is 0.0780 e. The highest BCUT2D eigenvalue weighted by Gasteiger charge is 2.20. The summed E-state index contributed by atoms with van der Waals surface area (Å²) in [6.45, 7) is 7.54. The largest absolute Gasteiger partial charge is 0.305 e. The van der Waals surface area contributed by atoms with Crippen molar-refractivity contribution < 1.29 is 0 Å². The van der Waals surface area contributed by atoms with E-state index < -0.39 is 0 Å². The van der Waals surface area contributed by atoms with E-state index in [4.69, 9.17) is 11.6 Å². The number of halogens is 1. The molecule has 0 aliphatic rings. The zero-order valence-corrected chi connectivity index (χ0v) is 13.3. The summed E-state index contributed by atoms with van der Waals surface area (Å²) >= 11 is 9.88. The van der Waals surface area contributed by atoms with Gasteiger partial charge in [0.15, 0.2) is 0 Å². The van der Waals surface area contributed by atoms with Gasteiger partial charge in [-0.1, -0.05) is 18.5 Å². The van der Waals surface area contributed by atoms with Gasteiger partial charge in [0.05, 0.1) is 11.1 Å². The number of rotatable bonds is 5. The van der Waals surface area contributed by atoms with Gasteiger partial charge in [0.25, 0.3) is 0 Å². The molecule has 1 atom stereocenters. The van der Waals surface area contributed by atoms with Crippen molar-refractivity contribution >= 4 is 34.3 Å². The van der Waals surface area contributed by atoms with Crippen LogP contribution < -0.4 is 5.32 Å². The predicted octanol–water partition coefficient (Wildman–Crippen LogP) is 5.17. The van der Waals surface area contributed by atoms with Crippen LogP contribution in [0.1, 0.15) is 39.6 Å². The average molecular weight is 300 g/mol. The van der Waals surface area contributed by atoms with Crippen molar-refractivity contribution in [2.75, 3.05) is 6.54 Å². The molecule has 2 aromatic rings. The standard InChI is InChI=1S/C14H18ClNS2/c1-4-6-16-13(14-11(15)5-7-17-14)12-8-9(2)10(3)18-12/h5,7-8,13,16H,4,6H2,1-3H3. The van der Waals surface area contributed by atoms with E-state index >= 15 is 0 Å². The fourth-order valence-electron chi connectivity index (χ4n) is 1.87. The first kappa shape index (κ1) is 14.1. The molecule has 1 unspecified atom stereocenters. The minimum Gasteiger partial charge on any atom is -0.305 e. The molecule has 0 aliphatic heterocycles. The quantitative estimate of drug-likeness (QED) is 0.803. The Labute approximate surface area is 122 Å². The highest BCUT2D eigenvalue weighted by atomic mass is 35.5. The fourth-order valence-corrected chi connectivity index (χ4v) is 4.33. The zero-order valence-electron chi connectivity index (χ0n) is 10.9. The zero-order chi connectivity index (χ0) is 13.1. The monoisotopic (exact) mass is 299 g/mol. The van der Waals surface area contributed by atoms with Crippen LogP contribution in [-0.2, 0) is 0 Å². The first-order valence-corrected chi connectivity index (χ1v) is 8.24. The summed E-state index contributed by atoms with van der Waals surface area (Å²) in [5, 5.41) is 6.54. The molecule has 18 heavy (non-hydrogen) atoms. The molecule has 0 saturated carbocycles. The molecule has 0 spiro atoms. The van der Waals surface area contributed by atoms with Crippen molar-refractivity contribution in [2.24, 2.45) is 0 Å². The van der Waals surface area contributed by atoms with E-state index in [1.54, 1.807) is 11.3 Å². The normalized spacial score (nSPS) is 12.9. The molecule has 4 heteroatoms. The Morgan fingerprint density at radius 2 is 2.17 bits per heavy atom. The van der Waals surface area contributed by atoms with E-state index in [0.29, 0.717) is 0 Å². The van der Waals surface area contributed by atoms with Crippen molar-refractivity contribution in [3.63, 3.8) is 0 Å². The number of hydrogen-bond donors (Lipinski definition) is 1. The van der Waals surface area contributed by atoms with Gasteiger partial charge in [0.1, 0.15) is 0 Å². The van der Waals surface area contributed by atoms with E-state index in [9.17, 15) is 0 Å². The molecule has 2 rings (SSSR count). The Morgan fingerprint density at radius 3 is 2.67 bits per heavy atom. The molecule has 2 heterocycles. The number of nitrogens with one attached hydrogen (secondary N) is 1. The van der Waals surface area contributed by atoms with Gasteiger partial charge in [-0.15, -0.1) is 22.7 Å². The second-order valence-electron chi connectivity index (χ2n) is 4.41. The molecule has 0 aliphatic carbocycles. The maximum atomic E-state index is 6.28. The van der Waals surface area contributed by atoms with E-state index in [1.807, 2.05) is 17.4 Å². The molecule has 0 aromatic carbocycles. The van der Waals surface area contributed by atoms with Crippen molar-refractivity contribution in [2.45, 2.75) is 33.2 Å². The summed E-state index contributed by atoms with van der Waals surface area (Å²) in [5.74, 6) is 0.